The quantitative estimate of drug-likeness (QED) is 0.301. The Morgan fingerprint density at radius 1 is 1.00 bits per heavy atom. The normalized spacial score (nSPS) is 11.1. The molecule has 7 heteroatoms. The number of carbonyl (C=O) groups is 2. The van der Waals surface area contributed by atoms with E-state index in [9.17, 15) is 9.59 Å². The Morgan fingerprint density at radius 2 is 1.79 bits per heavy atom. The van der Waals surface area contributed by atoms with E-state index in [0.29, 0.717) is 22.6 Å². The molecule has 0 saturated heterocycles. The minimum atomic E-state index is -0.550. The molecule has 0 radical (unpaired) electrons. The van der Waals surface area contributed by atoms with Gasteiger partial charge in [0.15, 0.2) is 6.61 Å². The molecule has 1 aromatic carbocycles. The van der Waals surface area contributed by atoms with Gasteiger partial charge in [0.1, 0.15) is 11.5 Å². The summed E-state index contributed by atoms with van der Waals surface area (Å²) >= 11 is 2.96. The maximum atomic E-state index is 12.7. The molecule has 0 spiro atoms. The van der Waals surface area contributed by atoms with E-state index >= 15 is 0 Å². The summed E-state index contributed by atoms with van der Waals surface area (Å²) in [6, 6.07) is 12.4. The number of methoxy groups -OCH3 is 2. The monoisotopic (exact) mass is 414 g/mol. The first-order valence-corrected chi connectivity index (χ1v) is 10.1. The van der Waals surface area contributed by atoms with Crippen molar-refractivity contribution in [1.82, 2.24) is 0 Å². The van der Waals surface area contributed by atoms with Crippen LogP contribution < -0.4 is 9.47 Å². The van der Waals surface area contributed by atoms with Gasteiger partial charge in [0.25, 0.3) is 0 Å². The Morgan fingerprint density at radius 3 is 2.43 bits per heavy atom. The van der Waals surface area contributed by atoms with Crippen LogP contribution in [-0.4, -0.2) is 32.6 Å². The number of thiophene rings is 2. The maximum Gasteiger partial charge on any atom is 0.340 e. The lowest BCUT2D eigenvalue weighted by Crippen LogP contribution is -2.15. The number of ketones is 1. The number of hydrogen-bond donors (Lipinski definition) is 0. The number of benzene rings is 1. The van der Waals surface area contributed by atoms with Crippen molar-refractivity contribution < 1.29 is 23.8 Å². The molecule has 5 nitrogen and oxygen atoms in total. The molecular formula is C21H18O5S2. The third-order valence-corrected chi connectivity index (χ3v) is 5.60. The molecule has 0 saturated carbocycles. The minimum absolute atomic E-state index is 0.301. The van der Waals surface area contributed by atoms with Gasteiger partial charge in [-0.1, -0.05) is 12.1 Å². The summed E-state index contributed by atoms with van der Waals surface area (Å²) in [5, 5.41) is 3.82. The molecule has 0 unspecified atom stereocenters. The van der Waals surface area contributed by atoms with E-state index in [1.165, 1.54) is 36.9 Å². The molecule has 2 heterocycles. The zero-order valence-corrected chi connectivity index (χ0v) is 17.0. The van der Waals surface area contributed by atoms with E-state index in [0.717, 1.165) is 9.75 Å². The molecule has 2 aromatic heterocycles. The molecule has 3 aromatic rings. The average molecular weight is 415 g/mol. The van der Waals surface area contributed by atoms with E-state index < -0.39 is 12.6 Å². The summed E-state index contributed by atoms with van der Waals surface area (Å²) in [5.41, 5.74) is 0.720. The second kappa shape index (κ2) is 9.34. The predicted octanol–water partition coefficient (Wildman–Crippen LogP) is 4.79. The van der Waals surface area contributed by atoms with Crippen LogP contribution in [0.1, 0.15) is 20.1 Å². The van der Waals surface area contributed by atoms with Gasteiger partial charge < -0.3 is 14.2 Å². The lowest BCUT2D eigenvalue weighted by atomic mass is 10.1. The Balaban J connectivity index is 1.77. The van der Waals surface area contributed by atoms with E-state index in [1.54, 1.807) is 24.3 Å². The summed E-state index contributed by atoms with van der Waals surface area (Å²) in [6.45, 7) is -0.393. The average Bonchev–Trinajstić information content (AvgIpc) is 3.43. The molecule has 0 aliphatic carbocycles. The largest absolute Gasteiger partial charge is 0.497 e. The SMILES string of the molecule is COc1ccc(OC)c(C(=O)COC(=O)/C(=C/c2cccs2)c2cccs2)c1. The van der Waals surface area contributed by atoms with Crippen LogP contribution in [0.2, 0.25) is 0 Å². The Bertz CT molecular complexity index is 972. The summed E-state index contributed by atoms with van der Waals surface area (Å²) in [6.07, 6.45) is 1.77. The number of Topliss-reactive ketones (excluding diaryl/α,β-unsaturated/α-hetero) is 1. The molecule has 0 amide bonds. The number of esters is 1. The Hall–Kier alpha value is -2.90. The fourth-order valence-electron chi connectivity index (χ4n) is 2.50. The highest BCUT2D eigenvalue weighted by Gasteiger charge is 2.19. The van der Waals surface area contributed by atoms with Crippen molar-refractivity contribution in [3.05, 3.63) is 68.5 Å². The van der Waals surface area contributed by atoms with Gasteiger partial charge in [-0.05, 0) is 47.2 Å². The van der Waals surface area contributed by atoms with Crippen LogP contribution in [0.25, 0.3) is 11.6 Å². The van der Waals surface area contributed by atoms with E-state index in [2.05, 4.69) is 0 Å². The summed E-state index contributed by atoms with van der Waals surface area (Å²) < 4.78 is 15.7. The van der Waals surface area contributed by atoms with Gasteiger partial charge in [-0.25, -0.2) is 4.79 Å². The summed E-state index contributed by atoms with van der Waals surface area (Å²) in [7, 11) is 2.99. The number of carbonyl (C=O) groups excluding carboxylic acids is 2. The molecule has 0 bridgehead atoms. The van der Waals surface area contributed by atoms with Gasteiger partial charge >= 0.3 is 5.97 Å². The second-order valence-corrected chi connectivity index (χ2v) is 7.54. The van der Waals surface area contributed by atoms with Crippen LogP contribution in [0.15, 0.2) is 53.2 Å². The van der Waals surface area contributed by atoms with Crippen molar-refractivity contribution in [3.8, 4) is 11.5 Å². The predicted molar refractivity (Wildman–Crippen MR) is 111 cm³/mol. The highest BCUT2D eigenvalue weighted by atomic mass is 32.1. The van der Waals surface area contributed by atoms with Gasteiger partial charge in [-0.2, -0.15) is 0 Å². The lowest BCUT2D eigenvalue weighted by Gasteiger charge is -2.11. The summed E-state index contributed by atoms with van der Waals surface area (Å²) in [5.74, 6) is -0.00128. The molecule has 0 fully saturated rings. The zero-order valence-electron chi connectivity index (χ0n) is 15.3. The van der Waals surface area contributed by atoms with Gasteiger partial charge in [-0.15, -0.1) is 22.7 Å². The van der Waals surface area contributed by atoms with Crippen LogP contribution >= 0.6 is 22.7 Å². The van der Waals surface area contributed by atoms with Gasteiger partial charge in [0, 0.05) is 9.75 Å². The van der Waals surface area contributed by atoms with E-state index in [-0.39, 0.29) is 5.78 Å². The van der Waals surface area contributed by atoms with Gasteiger partial charge in [0.05, 0.1) is 25.4 Å². The smallest absolute Gasteiger partial charge is 0.340 e. The van der Waals surface area contributed by atoms with Crippen LogP contribution in [0.4, 0.5) is 0 Å². The fourth-order valence-corrected chi connectivity index (χ4v) is 3.88. The number of ether oxygens (including phenoxy) is 3. The van der Waals surface area contributed by atoms with Crippen molar-refractivity contribution >= 4 is 46.1 Å². The van der Waals surface area contributed by atoms with Crippen LogP contribution in [0.3, 0.4) is 0 Å². The van der Waals surface area contributed by atoms with E-state index in [4.69, 9.17) is 14.2 Å². The van der Waals surface area contributed by atoms with Crippen LogP contribution in [-0.2, 0) is 9.53 Å². The molecule has 28 heavy (non-hydrogen) atoms. The Kier molecular flexibility index (Phi) is 6.62. The Labute approximate surface area is 170 Å². The first kappa shape index (κ1) is 19.9. The topological polar surface area (TPSA) is 61.8 Å². The molecular weight excluding hydrogens is 396 g/mol. The standard InChI is InChI=1S/C21H18O5S2/c1-24-14-7-8-19(25-2)16(11-14)18(22)13-26-21(23)17(20-6-4-10-28-20)12-15-5-3-9-27-15/h3-12H,13H2,1-2H3/b17-12+. The molecule has 0 aliphatic heterocycles. The second-order valence-electron chi connectivity index (χ2n) is 5.62. The maximum absolute atomic E-state index is 12.7. The number of rotatable bonds is 8. The van der Waals surface area contributed by atoms with Crippen molar-refractivity contribution in [3.63, 3.8) is 0 Å². The molecule has 0 aliphatic rings. The lowest BCUT2D eigenvalue weighted by molar-refractivity contribution is -0.135. The first-order valence-electron chi connectivity index (χ1n) is 8.34. The summed E-state index contributed by atoms with van der Waals surface area (Å²) in [4.78, 5) is 27.0. The van der Waals surface area contributed by atoms with Crippen molar-refractivity contribution in [2.24, 2.45) is 0 Å². The van der Waals surface area contributed by atoms with Crippen molar-refractivity contribution in [2.75, 3.05) is 20.8 Å². The highest BCUT2D eigenvalue weighted by molar-refractivity contribution is 7.12. The van der Waals surface area contributed by atoms with Gasteiger partial charge in [-0.3, -0.25) is 4.79 Å². The molecule has 3 rings (SSSR count). The third-order valence-electron chi connectivity index (χ3n) is 3.88. The molecule has 144 valence electrons. The van der Waals surface area contributed by atoms with Crippen LogP contribution in [0.5, 0.6) is 11.5 Å². The molecule has 0 N–H and O–H groups in total. The number of hydrogen-bond acceptors (Lipinski definition) is 7. The minimum Gasteiger partial charge on any atom is -0.497 e. The fraction of sp³-hybridized carbons (Fsp3) is 0.143. The van der Waals surface area contributed by atoms with Crippen LogP contribution in [0, 0.1) is 0 Å². The highest BCUT2D eigenvalue weighted by Crippen LogP contribution is 2.27. The van der Waals surface area contributed by atoms with Gasteiger partial charge in [0.2, 0.25) is 5.78 Å². The van der Waals surface area contributed by atoms with E-state index in [1.807, 2.05) is 35.0 Å². The van der Waals surface area contributed by atoms with Crippen molar-refractivity contribution in [2.45, 2.75) is 0 Å². The molecule has 0 atom stereocenters. The first-order chi connectivity index (χ1) is 13.6. The van der Waals surface area contributed by atoms with Crippen molar-refractivity contribution in [1.29, 1.82) is 0 Å². The third kappa shape index (κ3) is 4.68. The zero-order chi connectivity index (χ0) is 19.9.